The molecule has 1 N–H and O–H groups in total. The topological polar surface area (TPSA) is 55.8 Å². The molecule has 0 spiro atoms. The first kappa shape index (κ1) is 15.1. The highest BCUT2D eigenvalue weighted by atomic mass is 16.7. The second-order valence-electron chi connectivity index (χ2n) is 6.34. The summed E-state index contributed by atoms with van der Waals surface area (Å²) in [7, 11) is -0.405. The van der Waals surface area contributed by atoms with Crippen molar-refractivity contribution in [2.24, 2.45) is 0 Å². The summed E-state index contributed by atoms with van der Waals surface area (Å²) in [6.07, 6.45) is 0.0372. The maximum Gasteiger partial charge on any atom is 0.494 e. The predicted molar refractivity (Wildman–Crippen MR) is 78.2 cm³/mol. The van der Waals surface area contributed by atoms with Gasteiger partial charge in [-0.05, 0) is 51.2 Å². The molecule has 0 aliphatic carbocycles. The lowest BCUT2D eigenvalue weighted by molar-refractivity contribution is -0.136. The van der Waals surface area contributed by atoms with Crippen molar-refractivity contribution in [1.82, 2.24) is 0 Å². The van der Waals surface area contributed by atoms with E-state index in [-0.39, 0.29) is 17.6 Å². The maximum atomic E-state index is 10.8. The average Bonchev–Trinajstić information content (AvgIpc) is 2.50. The standard InChI is InChI=1S/C15H21BO4/c1-10-8-12(7-6-11(10)9-13(17)18)16-19-14(2,3)15(4,5)20-16/h6-8H,9H2,1-5H3,(H,17,18). The Kier molecular flexibility index (Phi) is 3.69. The first-order valence-electron chi connectivity index (χ1n) is 6.79. The van der Waals surface area contributed by atoms with Gasteiger partial charge in [0.2, 0.25) is 0 Å². The van der Waals surface area contributed by atoms with Gasteiger partial charge in [-0.25, -0.2) is 0 Å². The molecule has 108 valence electrons. The molecule has 0 bridgehead atoms. The molecule has 0 amide bonds. The third-order valence-corrected chi connectivity index (χ3v) is 4.23. The monoisotopic (exact) mass is 276 g/mol. The number of carboxylic acids is 1. The molecule has 0 atom stereocenters. The van der Waals surface area contributed by atoms with Crippen LogP contribution < -0.4 is 5.46 Å². The van der Waals surface area contributed by atoms with E-state index < -0.39 is 13.1 Å². The van der Waals surface area contributed by atoms with Gasteiger partial charge in [0, 0.05) is 0 Å². The van der Waals surface area contributed by atoms with Gasteiger partial charge >= 0.3 is 13.1 Å². The van der Waals surface area contributed by atoms with Crippen LogP contribution in [0.4, 0.5) is 0 Å². The van der Waals surface area contributed by atoms with Crippen LogP contribution in [0.5, 0.6) is 0 Å². The molecule has 0 radical (unpaired) electrons. The fourth-order valence-electron chi connectivity index (χ4n) is 2.21. The van der Waals surface area contributed by atoms with E-state index in [2.05, 4.69) is 0 Å². The van der Waals surface area contributed by atoms with Crippen LogP contribution in [0.2, 0.25) is 0 Å². The molecular weight excluding hydrogens is 255 g/mol. The predicted octanol–water partition coefficient (Wildman–Crippen LogP) is 1.92. The number of rotatable bonds is 3. The summed E-state index contributed by atoms with van der Waals surface area (Å²) in [5.74, 6) is -0.823. The molecule has 1 fully saturated rings. The SMILES string of the molecule is Cc1cc(B2OC(C)(C)C(C)(C)O2)ccc1CC(=O)O. The lowest BCUT2D eigenvalue weighted by Crippen LogP contribution is -2.41. The van der Waals surface area contributed by atoms with E-state index in [1.165, 1.54) is 0 Å². The second kappa shape index (κ2) is 4.90. The van der Waals surface area contributed by atoms with Crippen LogP contribution in [0.15, 0.2) is 18.2 Å². The van der Waals surface area contributed by atoms with Gasteiger partial charge in [-0.2, -0.15) is 0 Å². The molecule has 1 aromatic rings. The van der Waals surface area contributed by atoms with Crippen molar-refractivity contribution in [3.63, 3.8) is 0 Å². The number of carboxylic acid groups (broad SMARTS) is 1. The van der Waals surface area contributed by atoms with Crippen LogP contribution in [0.1, 0.15) is 38.8 Å². The Morgan fingerprint density at radius 1 is 1.20 bits per heavy atom. The average molecular weight is 276 g/mol. The zero-order valence-corrected chi connectivity index (χ0v) is 12.7. The van der Waals surface area contributed by atoms with Crippen LogP contribution in [0.3, 0.4) is 0 Å². The highest BCUT2D eigenvalue weighted by Crippen LogP contribution is 2.36. The minimum atomic E-state index is -0.823. The third-order valence-electron chi connectivity index (χ3n) is 4.23. The van der Waals surface area contributed by atoms with E-state index in [0.29, 0.717) is 0 Å². The van der Waals surface area contributed by atoms with Gasteiger partial charge in [-0.3, -0.25) is 4.79 Å². The third kappa shape index (κ3) is 2.74. The molecule has 1 aliphatic rings. The molecule has 1 saturated heterocycles. The Labute approximate surface area is 120 Å². The van der Waals surface area contributed by atoms with Gasteiger partial charge in [-0.1, -0.05) is 18.2 Å². The first-order valence-corrected chi connectivity index (χ1v) is 6.79. The van der Waals surface area contributed by atoms with Gasteiger partial charge < -0.3 is 14.4 Å². The fourth-order valence-corrected chi connectivity index (χ4v) is 2.21. The number of aryl methyl sites for hydroxylation is 1. The van der Waals surface area contributed by atoms with Gasteiger partial charge in [0.05, 0.1) is 17.6 Å². The Balaban J connectivity index is 2.24. The fraction of sp³-hybridized carbons (Fsp3) is 0.533. The van der Waals surface area contributed by atoms with E-state index in [1.54, 1.807) is 0 Å². The number of aliphatic carboxylic acids is 1. The summed E-state index contributed by atoms with van der Waals surface area (Å²) in [6.45, 7) is 9.96. The number of hydrogen-bond acceptors (Lipinski definition) is 3. The quantitative estimate of drug-likeness (QED) is 0.857. The van der Waals surface area contributed by atoms with E-state index in [9.17, 15) is 4.79 Å². The molecule has 20 heavy (non-hydrogen) atoms. The maximum absolute atomic E-state index is 10.8. The van der Waals surface area contributed by atoms with Gasteiger partial charge in [-0.15, -0.1) is 0 Å². The summed E-state index contributed by atoms with van der Waals surface area (Å²) in [6, 6.07) is 5.66. The van der Waals surface area contributed by atoms with E-state index >= 15 is 0 Å². The van der Waals surface area contributed by atoms with Gasteiger partial charge in [0.25, 0.3) is 0 Å². The van der Waals surface area contributed by atoms with Crippen molar-refractivity contribution >= 4 is 18.6 Å². The normalized spacial score (nSPS) is 20.1. The molecule has 1 heterocycles. The minimum Gasteiger partial charge on any atom is -0.481 e. The van der Waals surface area contributed by atoms with E-state index in [4.69, 9.17) is 14.4 Å². The Hall–Kier alpha value is -1.33. The Bertz CT molecular complexity index is 521. The Morgan fingerprint density at radius 2 is 1.75 bits per heavy atom. The number of carbonyl (C=O) groups is 1. The zero-order chi connectivity index (χ0) is 15.1. The summed E-state index contributed by atoms with van der Waals surface area (Å²) in [4.78, 5) is 10.8. The number of benzene rings is 1. The summed E-state index contributed by atoms with van der Waals surface area (Å²) < 4.78 is 12.0. The van der Waals surface area contributed by atoms with Crippen molar-refractivity contribution in [3.05, 3.63) is 29.3 Å². The largest absolute Gasteiger partial charge is 0.494 e. The van der Waals surface area contributed by atoms with Crippen molar-refractivity contribution < 1.29 is 19.2 Å². The van der Waals surface area contributed by atoms with Crippen molar-refractivity contribution in [2.45, 2.75) is 52.2 Å². The van der Waals surface area contributed by atoms with Crippen molar-refractivity contribution in [1.29, 1.82) is 0 Å². The summed E-state index contributed by atoms with van der Waals surface area (Å²) >= 11 is 0. The minimum absolute atomic E-state index is 0.0372. The molecule has 1 aliphatic heterocycles. The van der Waals surface area contributed by atoms with Crippen LogP contribution in [0.25, 0.3) is 0 Å². The summed E-state index contributed by atoms with van der Waals surface area (Å²) in [5, 5.41) is 8.86. The van der Waals surface area contributed by atoms with Gasteiger partial charge in [0.1, 0.15) is 0 Å². The molecule has 0 aromatic heterocycles. The Morgan fingerprint density at radius 3 is 2.20 bits per heavy atom. The van der Waals surface area contributed by atoms with Crippen molar-refractivity contribution in [2.75, 3.05) is 0 Å². The zero-order valence-electron chi connectivity index (χ0n) is 12.7. The molecule has 5 heteroatoms. The van der Waals surface area contributed by atoms with Crippen LogP contribution in [-0.4, -0.2) is 29.4 Å². The molecule has 4 nitrogen and oxygen atoms in total. The number of hydrogen-bond donors (Lipinski definition) is 1. The summed E-state index contributed by atoms with van der Waals surface area (Å²) in [5.41, 5.74) is 1.95. The van der Waals surface area contributed by atoms with E-state index in [1.807, 2.05) is 52.8 Å². The highest BCUT2D eigenvalue weighted by molar-refractivity contribution is 6.62. The smallest absolute Gasteiger partial charge is 0.481 e. The molecular formula is C15H21BO4. The lowest BCUT2D eigenvalue weighted by atomic mass is 9.77. The van der Waals surface area contributed by atoms with Crippen LogP contribution in [0, 0.1) is 6.92 Å². The lowest BCUT2D eigenvalue weighted by Gasteiger charge is -2.32. The molecule has 0 unspecified atom stereocenters. The first-order chi connectivity index (χ1) is 9.12. The second-order valence-corrected chi connectivity index (χ2v) is 6.34. The molecule has 2 rings (SSSR count). The van der Waals surface area contributed by atoms with Gasteiger partial charge in [0.15, 0.2) is 0 Å². The highest BCUT2D eigenvalue weighted by Gasteiger charge is 2.51. The van der Waals surface area contributed by atoms with Crippen LogP contribution in [-0.2, 0) is 20.5 Å². The molecule has 1 aromatic carbocycles. The molecule has 0 saturated carbocycles. The van der Waals surface area contributed by atoms with Crippen LogP contribution >= 0.6 is 0 Å². The van der Waals surface area contributed by atoms with E-state index in [0.717, 1.165) is 16.6 Å². The van der Waals surface area contributed by atoms with Crippen molar-refractivity contribution in [3.8, 4) is 0 Å².